The average molecular weight is 390 g/mol. The van der Waals surface area contributed by atoms with Gasteiger partial charge in [0.1, 0.15) is 11.5 Å². The van der Waals surface area contributed by atoms with Crippen molar-refractivity contribution in [1.29, 1.82) is 0 Å². The molecule has 0 unspecified atom stereocenters. The van der Waals surface area contributed by atoms with Crippen LogP contribution in [0, 0.1) is 0 Å². The number of ether oxygens (including phenoxy) is 4. The fraction of sp³-hybridized carbons (Fsp3) is 0.667. The van der Waals surface area contributed by atoms with E-state index in [4.69, 9.17) is 18.9 Å². The Morgan fingerprint density at radius 1 is 1.14 bits per heavy atom. The Labute approximate surface area is 166 Å². The summed E-state index contributed by atoms with van der Waals surface area (Å²) in [6.45, 7) is 4.24. The zero-order valence-corrected chi connectivity index (χ0v) is 16.8. The molecule has 7 heteroatoms. The van der Waals surface area contributed by atoms with Gasteiger partial charge in [0.05, 0.1) is 40.0 Å². The van der Waals surface area contributed by atoms with Crippen LogP contribution in [-0.2, 0) is 14.3 Å². The SMILES string of the molecule is COc1ccc(OC)c([C@H]2CCCN2C(=O)CN2CCC3(CC2)OCCO3)c1. The van der Waals surface area contributed by atoms with Gasteiger partial charge in [0.25, 0.3) is 0 Å². The third-order valence-electron chi connectivity index (χ3n) is 6.16. The van der Waals surface area contributed by atoms with Gasteiger partial charge in [-0.3, -0.25) is 9.69 Å². The maximum absolute atomic E-state index is 13.1. The van der Waals surface area contributed by atoms with Gasteiger partial charge >= 0.3 is 0 Å². The number of benzene rings is 1. The molecule has 1 atom stereocenters. The molecule has 1 aromatic rings. The predicted octanol–water partition coefficient (Wildman–Crippen LogP) is 2.21. The standard InChI is InChI=1S/C21H30N2O5/c1-25-16-5-6-19(26-2)17(14-16)18-4-3-9-23(18)20(24)15-22-10-7-21(8-11-22)27-12-13-28-21/h5-6,14,18H,3-4,7-13,15H2,1-2H3/t18-/m1/s1. The van der Waals surface area contributed by atoms with E-state index in [1.165, 1.54) is 0 Å². The van der Waals surface area contributed by atoms with E-state index in [9.17, 15) is 4.79 Å². The molecule has 0 saturated carbocycles. The summed E-state index contributed by atoms with van der Waals surface area (Å²) < 4.78 is 22.5. The van der Waals surface area contributed by atoms with Crippen LogP contribution in [0.3, 0.4) is 0 Å². The van der Waals surface area contributed by atoms with E-state index in [2.05, 4.69) is 4.90 Å². The van der Waals surface area contributed by atoms with E-state index in [-0.39, 0.29) is 11.9 Å². The monoisotopic (exact) mass is 390 g/mol. The third-order valence-corrected chi connectivity index (χ3v) is 6.16. The molecule has 3 aliphatic heterocycles. The minimum Gasteiger partial charge on any atom is -0.497 e. The average Bonchev–Trinajstić information content (AvgIpc) is 3.39. The second kappa shape index (κ2) is 8.27. The molecule has 1 amide bonds. The lowest BCUT2D eigenvalue weighted by atomic mass is 10.0. The Kier molecular flexibility index (Phi) is 5.75. The van der Waals surface area contributed by atoms with Crippen molar-refractivity contribution in [3.05, 3.63) is 23.8 Å². The van der Waals surface area contributed by atoms with E-state index in [0.717, 1.165) is 62.4 Å². The van der Waals surface area contributed by atoms with E-state index in [0.29, 0.717) is 19.8 Å². The highest BCUT2D eigenvalue weighted by Crippen LogP contribution is 2.39. The molecule has 0 bridgehead atoms. The smallest absolute Gasteiger partial charge is 0.237 e. The lowest BCUT2D eigenvalue weighted by molar-refractivity contribution is -0.186. The van der Waals surface area contributed by atoms with Gasteiger partial charge < -0.3 is 23.8 Å². The Morgan fingerprint density at radius 2 is 1.89 bits per heavy atom. The molecule has 0 aromatic heterocycles. The molecule has 0 N–H and O–H groups in total. The van der Waals surface area contributed by atoms with Crippen LogP contribution in [0.15, 0.2) is 18.2 Å². The maximum Gasteiger partial charge on any atom is 0.237 e. The quantitative estimate of drug-likeness (QED) is 0.768. The molecule has 4 rings (SSSR count). The number of carbonyl (C=O) groups is 1. The third kappa shape index (κ3) is 3.83. The van der Waals surface area contributed by atoms with Crippen molar-refractivity contribution in [3.63, 3.8) is 0 Å². The minimum atomic E-state index is -0.399. The summed E-state index contributed by atoms with van der Waals surface area (Å²) in [5.41, 5.74) is 1.03. The highest BCUT2D eigenvalue weighted by atomic mass is 16.7. The van der Waals surface area contributed by atoms with Crippen LogP contribution >= 0.6 is 0 Å². The first-order valence-electron chi connectivity index (χ1n) is 10.2. The van der Waals surface area contributed by atoms with Crippen molar-refractivity contribution in [3.8, 4) is 11.5 Å². The van der Waals surface area contributed by atoms with E-state index < -0.39 is 5.79 Å². The molecule has 0 radical (unpaired) electrons. The largest absolute Gasteiger partial charge is 0.497 e. The molecule has 28 heavy (non-hydrogen) atoms. The Hall–Kier alpha value is -1.83. The van der Waals surface area contributed by atoms with Crippen molar-refractivity contribution in [2.45, 2.75) is 37.5 Å². The van der Waals surface area contributed by atoms with E-state index in [1.807, 2.05) is 23.1 Å². The second-order valence-electron chi connectivity index (χ2n) is 7.74. The highest BCUT2D eigenvalue weighted by Gasteiger charge is 2.41. The van der Waals surface area contributed by atoms with Crippen LogP contribution in [0.5, 0.6) is 11.5 Å². The number of hydrogen-bond acceptors (Lipinski definition) is 6. The number of likely N-dealkylation sites (tertiary alicyclic amines) is 2. The predicted molar refractivity (Wildman–Crippen MR) is 104 cm³/mol. The number of nitrogens with zero attached hydrogens (tertiary/aromatic N) is 2. The van der Waals surface area contributed by atoms with Crippen LogP contribution in [-0.4, -0.2) is 75.1 Å². The van der Waals surface area contributed by atoms with Crippen molar-refractivity contribution in [1.82, 2.24) is 9.80 Å². The normalized spacial score (nSPS) is 24.6. The van der Waals surface area contributed by atoms with Gasteiger partial charge in [-0.1, -0.05) is 0 Å². The number of hydrogen-bond donors (Lipinski definition) is 0. The van der Waals surface area contributed by atoms with Crippen molar-refractivity contribution in [2.75, 3.05) is 53.6 Å². The first-order chi connectivity index (χ1) is 13.6. The molecule has 0 aliphatic carbocycles. The fourth-order valence-corrected chi connectivity index (χ4v) is 4.61. The summed E-state index contributed by atoms with van der Waals surface area (Å²) in [5, 5.41) is 0. The lowest BCUT2D eigenvalue weighted by Gasteiger charge is -2.38. The fourth-order valence-electron chi connectivity index (χ4n) is 4.61. The van der Waals surface area contributed by atoms with Gasteiger partial charge in [0, 0.05) is 38.0 Å². The zero-order valence-electron chi connectivity index (χ0n) is 16.8. The Bertz CT molecular complexity index is 694. The number of rotatable bonds is 5. The number of amides is 1. The molecular weight excluding hydrogens is 360 g/mol. The summed E-state index contributed by atoms with van der Waals surface area (Å²) in [4.78, 5) is 17.3. The van der Waals surface area contributed by atoms with Gasteiger partial charge in [-0.15, -0.1) is 0 Å². The van der Waals surface area contributed by atoms with Gasteiger partial charge in [0.15, 0.2) is 5.79 Å². The molecule has 1 aromatic carbocycles. The lowest BCUT2D eigenvalue weighted by Crippen LogP contribution is -2.48. The number of methoxy groups -OCH3 is 2. The molecule has 3 heterocycles. The van der Waals surface area contributed by atoms with Crippen LogP contribution in [0.25, 0.3) is 0 Å². The Morgan fingerprint density at radius 3 is 2.57 bits per heavy atom. The van der Waals surface area contributed by atoms with Crippen LogP contribution in [0.1, 0.15) is 37.3 Å². The summed E-state index contributed by atoms with van der Waals surface area (Å²) in [6, 6.07) is 5.84. The first kappa shape index (κ1) is 19.5. The maximum atomic E-state index is 13.1. The summed E-state index contributed by atoms with van der Waals surface area (Å²) in [7, 11) is 3.33. The topological polar surface area (TPSA) is 60.5 Å². The number of piperidine rings is 1. The van der Waals surface area contributed by atoms with E-state index in [1.54, 1.807) is 14.2 Å². The minimum absolute atomic E-state index is 0.0372. The van der Waals surface area contributed by atoms with Crippen molar-refractivity contribution < 1.29 is 23.7 Å². The molecule has 1 spiro atoms. The zero-order chi connectivity index (χ0) is 19.6. The second-order valence-corrected chi connectivity index (χ2v) is 7.74. The van der Waals surface area contributed by atoms with Crippen LogP contribution in [0.2, 0.25) is 0 Å². The molecule has 7 nitrogen and oxygen atoms in total. The summed E-state index contributed by atoms with van der Waals surface area (Å²) in [5.74, 6) is 1.37. The molecule has 3 saturated heterocycles. The molecule has 154 valence electrons. The molecule has 3 aliphatic rings. The molecular formula is C21H30N2O5. The van der Waals surface area contributed by atoms with Gasteiger partial charge in [-0.2, -0.15) is 0 Å². The number of carbonyl (C=O) groups excluding carboxylic acids is 1. The summed E-state index contributed by atoms with van der Waals surface area (Å²) in [6.07, 6.45) is 3.60. The van der Waals surface area contributed by atoms with Crippen LogP contribution < -0.4 is 9.47 Å². The first-order valence-corrected chi connectivity index (χ1v) is 10.2. The van der Waals surface area contributed by atoms with Gasteiger partial charge in [-0.25, -0.2) is 0 Å². The van der Waals surface area contributed by atoms with Gasteiger partial charge in [0.2, 0.25) is 5.91 Å². The Balaban J connectivity index is 1.41. The highest BCUT2D eigenvalue weighted by molar-refractivity contribution is 5.79. The van der Waals surface area contributed by atoms with Crippen molar-refractivity contribution in [2.24, 2.45) is 0 Å². The summed E-state index contributed by atoms with van der Waals surface area (Å²) >= 11 is 0. The van der Waals surface area contributed by atoms with Crippen molar-refractivity contribution >= 4 is 5.91 Å². The van der Waals surface area contributed by atoms with E-state index >= 15 is 0 Å². The van der Waals surface area contributed by atoms with Crippen LogP contribution in [0.4, 0.5) is 0 Å². The molecule has 3 fully saturated rings. The van der Waals surface area contributed by atoms with Gasteiger partial charge in [-0.05, 0) is 31.0 Å².